The van der Waals surface area contributed by atoms with Crippen molar-refractivity contribution in [1.29, 1.82) is 0 Å². The molecule has 0 fully saturated rings. The zero-order valence-corrected chi connectivity index (χ0v) is 10.2. The molecule has 82 valence electrons. The Labute approximate surface area is 104 Å². The summed E-state index contributed by atoms with van der Waals surface area (Å²) in [6, 6.07) is 9.65. The van der Waals surface area contributed by atoms with Crippen LogP contribution < -0.4 is 5.32 Å². The van der Waals surface area contributed by atoms with Crippen LogP contribution in [0.25, 0.3) is 0 Å². The van der Waals surface area contributed by atoms with Crippen molar-refractivity contribution >= 4 is 34.7 Å². The second kappa shape index (κ2) is 4.73. The Balaban J connectivity index is 2.23. The molecule has 0 saturated carbocycles. The van der Waals surface area contributed by atoms with Crippen LogP contribution in [-0.4, -0.2) is 4.98 Å². The van der Waals surface area contributed by atoms with Crippen LogP contribution in [0.15, 0.2) is 36.5 Å². The summed E-state index contributed by atoms with van der Waals surface area (Å²) in [6.45, 7) is 2.04. The Morgan fingerprint density at radius 1 is 1.12 bits per heavy atom. The van der Waals surface area contributed by atoms with Crippen molar-refractivity contribution in [2.75, 3.05) is 5.32 Å². The Hall–Kier alpha value is -1.25. The van der Waals surface area contributed by atoms with Gasteiger partial charge in [-0.25, -0.2) is 4.98 Å². The number of hydrogen-bond donors (Lipinski definition) is 1. The number of benzene rings is 1. The van der Waals surface area contributed by atoms with Crippen LogP contribution in [0.3, 0.4) is 0 Å². The number of nitrogens with one attached hydrogen (secondary N) is 1. The molecule has 0 saturated heterocycles. The summed E-state index contributed by atoms with van der Waals surface area (Å²) in [4.78, 5) is 4.12. The lowest BCUT2D eigenvalue weighted by molar-refractivity contribution is 1.30. The van der Waals surface area contributed by atoms with Crippen LogP contribution in [0.5, 0.6) is 0 Å². The van der Waals surface area contributed by atoms with Crippen molar-refractivity contribution in [3.05, 3.63) is 52.1 Å². The minimum absolute atomic E-state index is 0.507. The standard InChI is InChI=1S/C12H10Cl2N2/c1-8-2-4-10(5-3-8)16-12-11(14)6-9(13)7-15-12/h2-7H,1H3,(H,15,16). The van der Waals surface area contributed by atoms with E-state index in [2.05, 4.69) is 10.3 Å². The van der Waals surface area contributed by atoms with Crippen LogP contribution >= 0.6 is 23.2 Å². The third-order valence-corrected chi connectivity index (χ3v) is 2.62. The topological polar surface area (TPSA) is 24.9 Å². The van der Waals surface area contributed by atoms with Gasteiger partial charge in [0, 0.05) is 11.9 Å². The van der Waals surface area contributed by atoms with Crippen molar-refractivity contribution < 1.29 is 0 Å². The normalized spacial score (nSPS) is 10.2. The molecule has 1 heterocycles. The Bertz CT molecular complexity index is 495. The van der Waals surface area contributed by atoms with E-state index in [1.807, 2.05) is 31.2 Å². The van der Waals surface area contributed by atoms with Gasteiger partial charge in [0.05, 0.1) is 10.0 Å². The maximum absolute atomic E-state index is 6.00. The highest BCUT2D eigenvalue weighted by atomic mass is 35.5. The van der Waals surface area contributed by atoms with Gasteiger partial charge in [-0.2, -0.15) is 0 Å². The van der Waals surface area contributed by atoms with Crippen molar-refractivity contribution in [3.8, 4) is 0 Å². The number of aryl methyl sites for hydroxylation is 1. The molecule has 1 N–H and O–H groups in total. The summed E-state index contributed by atoms with van der Waals surface area (Å²) >= 11 is 11.8. The zero-order chi connectivity index (χ0) is 11.5. The van der Waals surface area contributed by atoms with Gasteiger partial charge in [-0.1, -0.05) is 40.9 Å². The van der Waals surface area contributed by atoms with Crippen LogP contribution in [-0.2, 0) is 0 Å². The molecule has 2 nitrogen and oxygen atoms in total. The highest BCUT2D eigenvalue weighted by Gasteiger charge is 2.02. The third-order valence-electron chi connectivity index (χ3n) is 2.12. The summed E-state index contributed by atoms with van der Waals surface area (Å²) in [5, 5.41) is 4.16. The second-order valence-electron chi connectivity index (χ2n) is 3.47. The molecule has 0 amide bonds. The molecule has 2 aromatic rings. The van der Waals surface area contributed by atoms with E-state index in [1.54, 1.807) is 12.3 Å². The van der Waals surface area contributed by atoms with Crippen molar-refractivity contribution in [3.63, 3.8) is 0 Å². The number of hydrogen-bond acceptors (Lipinski definition) is 2. The van der Waals surface area contributed by atoms with Crippen LogP contribution in [0, 0.1) is 6.92 Å². The molecular weight excluding hydrogens is 243 g/mol. The quantitative estimate of drug-likeness (QED) is 0.855. The SMILES string of the molecule is Cc1ccc(Nc2ncc(Cl)cc2Cl)cc1. The van der Waals surface area contributed by atoms with Gasteiger partial charge < -0.3 is 5.32 Å². The molecule has 0 unspecified atom stereocenters. The molecule has 2 rings (SSSR count). The van der Waals surface area contributed by atoms with Crippen LogP contribution in [0.1, 0.15) is 5.56 Å². The van der Waals surface area contributed by atoms with Gasteiger partial charge in [0.25, 0.3) is 0 Å². The fraction of sp³-hybridized carbons (Fsp3) is 0.0833. The van der Waals surface area contributed by atoms with E-state index in [0.717, 1.165) is 5.69 Å². The number of nitrogens with zero attached hydrogens (tertiary/aromatic N) is 1. The first-order valence-electron chi connectivity index (χ1n) is 4.80. The number of halogens is 2. The maximum Gasteiger partial charge on any atom is 0.149 e. The summed E-state index contributed by atoms with van der Waals surface area (Å²) < 4.78 is 0. The number of rotatable bonds is 2. The van der Waals surface area contributed by atoms with Gasteiger partial charge in [-0.15, -0.1) is 0 Å². The Kier molecular flexibility index (Phi) is 3.32. The maximum atomic E-state index is 6.00. The van der Waals surface area contributed by atoms with E-state index >= 15 is 0 Å². The van der Waals surface area contributed by atoms with Gasteiger partial charge in [-0.3, -0.25) is 0 Å². The van der Waals surface area contributed by atoms with Crippen LogP contribution in [0.2, 0.25) is 10.0 Å². The molecule has 0 atom stereocenters. The van der Waals surface area contributed by atoms with Gasteiger partial charge in [-0.05, 0) is 25.1 Å². The minimum Gasteiger partial charge on any atom is -0.339 e. The van der Waals surface area contributed by atoms with Gasteiger partial charge in [0.15, 0.2) is 0 Å². The monoisotopic (exact) mass is 252 g/mol. The summed E-state index contributed by atoms with van der Waals surface area (Å²) in [7, 11) is 0. The smallest absolute Gasteiger partial charge is 0.149 e. The van der Waals surface area contributed by atoms with E-state index in [0.29, 0.717) is 15.9 Å². The number of anilines is 2. The van der Waals surface area contributed by atoms with Crippen molar-refractivity contribution in [2.45, 2.75) is 6.92 Å². The molecule has 16 heavy (non-hydrogen) atoms. The second-order valence-corrected chi connectivity index (χ2v) is 4.32. The molecule has 1 aromatic heterocycles. The molecule has 0 radical (unpaired) electrons. The molecule has 4 heteroatoms. The van der Waals surface area contributed by atoms with E-state index in [4.69, 9.17) is 23.2 Å². The fourth-order valence-corrected chi connectivity index (χ4v) is 1.71. The molecule has 0 bridgehead atoms. The highest BCUT2D eigenvalue weighted by Crippen LogP contribution is 2.25. The molecule has 0 spiro atoms. The van der Waals surface area contributed by atoms with E-state index in [1.165, 1.54) is 5.56 Å². The minimum atomic E-state index is 0.507. The summed E-state index contributed by atoms with van der Waals surface area (Å²) in [5.74, 6) is 0.606. The molecule has 1 aromatic carbocycles. The highest BCUT2D eigenvalue weighted by molar-refractivity contribution is 6.36. The lowest BCUT2D eigenvalue weighted by Crippen LogP contribution is -1.94. The first-order chi connectivity index (χ1) is 7.65. The van der Waals surface area contributed by atoms with E-state index in [9.17, 15) is 0 Å². The lowest BCUT2D eigenvalue weighted by Gasteiger charge is -2.07. The van der Waals surface area contributed by atoms with Crippen molar-refractivity contribution in [1.82, 2.24) is 4.98 Å². The molecule has 0 aliphatic rings. The first kappa shape index (κ1) is 11.2. The molecule has 0 aliphatic carbocycles. The van der Waals surface area contributed by atoms with Crippen LogP contribution in [0.4, 0.5) is 11.5 Å². The fourth-order valence-electron chi connectivity index (χ4n) is 1.28. The van der Waals surface area contributed by atoms with Gasteiger partial charge in [0.1, 0.15) is 5.82 Å². The third kappa shape index (κ3) is 2.65. The summed E-state index contributed by atoms with van der Waals surface area (Å²) in [5.41, 5.74) is 2.16. The largest absolute Gasteiger partial charge is 0.339 e. The summed E-state index contributed by atoms with van der Waals surface area (Å²) in [6.07, 6.45) is 1.56. The predicted molar refractivity (Wildman–Crippen MR) is 68.7 cm³/mol. The first-order valence-corrected chi connectivity index (χ1v) is 5.55. The average Bonchev–Trinajstić information content (AvgIpc) is 2.25. The van der Waals surface area contributed by atoms with Crippen molar-refractivity contribution in [2.24, 2.45) is 0 Å². The van der Waals surface area contributed by atoms with Gasteiger partial charge in [0.2, 0.25) is 0 Å². The Morgan fingerprint density at radius 2 is 1.81 bits per heavy atom. The van der Waals surface area contributed by atoms with E-state index < -0.39 is 0 Å². The Morgan fingerprint density at radius 3 is 2.44 bits per heavy atom. The van der Waals surface area contributed by atoms with Gasteiger partial charge >= 0.3 is 0 Å². The lowest BCUT2D eigenvalue weighted by atomic mass is 10.2. The number of aromatic nitrogens is 1. The average molecular weight is 253 g/mol. The number of pyridine rings is 1. The zero-order valence-electron chi connectivity index (χ0n) is 8.67. The molecular formula is C12H10Cl2N2. The van der Waals surface area contributed by atoms with E-state index in [-0.39, 0.29) is 0 Å². The predicted octanol–water partition coefficient (Wildman–Crippen LogP) is 4.44. The molecule has 0 aliphatic heterocycles.